The Morgan fingerprint density at radius 1 is 0.955 bits per heavy atom. The molecule has 0 spiro atoms. The Labute approximate surface area is 132 Å². The van der Waals surface area contributed by atoms with Gasteiger partial charge in [0.05, 0.1) is 0 Å². The molecule has 114 valence electrons. The van der Waals surface area contributed by atoms with Crippen molar-refractivity contribution in [3.05, 3.63) is 59.7 Å². The smallest absolute Gasteiger partial charge is 0.162 e. The second-order valence-corrected chi connectivity index (χ2v) is 5.55. The molecule has 0 saturated carbocycles. The van der Waals surface area contributed by atoms with E-state index in [1.807, 2.05) is 36.4 Å². The molecular formula is C20H22O2. The van der Waals surface area contributed by atoms with Gasteiger partial charge in [0.1, 0.15) is 6.29 Å². The summed E-state index contributed by atoms with van der Waals surface area (Å²) in [4.78, 5) is 22.9. The number of Topliss-reactive ketones (excluding diaryl/α,β-unsaturated/α-hetero) is 1. The molecule has 0 N–H and O–H groups in total. The van der Waals surface area contributed by atoms with E-state index in [2.05, 4.69) is 6.92 Å². The lowest BCUT2D eigenvalue weighted by molar-refractivity contribution is 0.0978. The fraction of sp³-hybridized carbons (Fsp3) is 0.300. The average Bonchev–Trinajstić information content (AvgIpc) is 2.59. The average molecular weight is 294 g/mol. The highest BCUT2D eigenvalue weighted by Crippen LogP contribution is 2.22. The minimum Gasteiger partial charge on any atom is -0.298 e. The van der Waals surface area contributed by atoms with Gasteiger partial charge in [-0.15, -0.1) is 0 Å². The van der Waals surface area contributed by atoms with E-state index in [1.54, 1.807) is 12.1 Å². The predicted molar refractivity (Wildman–Crippen MR) is 90.4 cm³/mol. The molecule has 0 saturated heterocycles. The first-order chi connectivity index (χ1) is 10.7. The van der Waals surface area contributed by atoms with E-state index in [-0.39, 0.29) is 5.78 Å². The van der Waals surface area contributed by atoms with Gasteiger partial charge in [0, 0.05) is 17.5 Å². The Balaban J connectivity index is 2.08. The molecule has 0 atom stereocenters. The van der Waals surface area contributed by atoms with Crippen LogP contribution in [-0.4, -0.2) is 12.1 Å². The van der Waals surface area contributed by atoms with Gasteiger partial charge in [0.15, 0.2) is 5.78 Å². The van der Waals surface area contributed by atoms with Gasteiger partial charge in [0.25, 0.3) is 0 Å². The zero-order valence-corrected chi connectivity index (χ0v) is 13.0. The van der Waals surface area contributed by atoms with E-state index >= 15 is 0 Å². The molecule has 0 fully saturated rings. The van der Waals surface area contributed by atoms with Crippen molar-refractivity contribution in [1.82, 2.24) is 0 Å². The van der Waals surface area contributed by atoms with Gasteiger partial charge in [-0.1, -0.05) is 68.7 Å². The van der Waals surface area contributed by atoms with Crippen LogP contribution in [0, 0.1) is 0 Å². The van der Waals surface area contributed by atoms with Crippen LogP contribution >= 0.6 is 0 Å². The van der Waals surface area contributed by atoms with E-state index in [9.17, 15) is 9.59 Å². The van der Waals surface area contributed by atoms with Crippen molar-refractivity contribution in [3.63, 3.8) is 0 Å². The topological polar surface area (TPSA) is 34.1 Å². The summed E-state index contributed by atoms with van der Waals surface area (Å²) in [5.74, 6) is 0.211. The van der Waals surface area contributed by atoms with Crippen molar-refractivity contribution in [2.45, 2.75) is 39.0 Å². The molecule has 2 rings (SSSR count). The van der Waals surface area contributed by atoms with Crippen LogP contribution in [0.2, 0.25) is 0 Å². The number of carbonyl (C=O) groups excluding carboxylic acids is 2. The molecule has 0 aliphatic rings. The summed E-state index contributed by atoms with van der Waals surface area (Å²) < 4.78 is 0. The van der Waals surface area contributed by atoms with Gasteiger partial charge < -0.3 is 0 Å². The summed E-state index contributed by atoms with van der Waals surface area (Å²) in [5, 5.41) is 0. The number of hydrogen-bond donors (Lipinski definition) is 0. The molecule has 0 bridgehead atoms. The summed E-state index contributed by atoms with van der Waals surface area (Å²) in [7, 11) is 0. The minimum atomic E-state index is 0.211. The fourth-order valence-corrected chi connectivity index (χ4v) is 2.48. The van der Waals surface area contributed by atoms with Crippen LogP contribution in [0.5, 0.6) is 0 Å². The lowest BCUT2D eigenvalue weighted by atomic mass is 9.98. The molecule has 22 heavy (non-hydrogen) atoms. The van der Waals surface area contributed by atoms with Crippen LogP contribution in [0.25, 0.3) is 11.1 Å². The van der Waals surface area contributed by atoms with Crippen LogP contribution in [0.4, 0.5) is 0 Å². The molecular weight excluding hydrogens is 272 g/mol. The molecule has 0 radical (unpaired) electrons. The first-order valence-electron chi connectivity index (χ1n) is 7.93. The third-order valence-corrected chi connectivity index (χ3v) is 3.82. The number of carbonyl (C=O) groups is 2. The van der Waals surface area contributed by atoms with Gasteiger partial charge >= 0.3 is 0 Å². The maximum Gasteiger partial charge on any atom is 0.162 e. The number of rotatable bonds is 8. The fourth-order valence-electron chi connectivity index (χ4n) is 2.48. The van der Waals surface area contributed by atoms with E-state index in [4.69, 9.17) is 0 Å². The van der Waals surface area contributed by atoms with Crippen molar-refractivity contribution in [3.8, 4) is 11.1 Å². The maximum absolute atomic E-state index is 12.2. The lowest BCUT2D eigenvalue weighted by Crippen LogP contribution is -1.99. The van der Waals surface area contributed by atoms with Gasteiger partial charge in [-0.3, -0.25) is 9.59 Å². The summed E-state index contributed by atoms with van der Waals surface area (Å²) in [6, 6.07) is 15.1. The van der Waals surface area contributed by atoms with Gasteiger partial charge in [-0.2, -0.15) is 0 Å². The van der Waals surface area contributed by atoms with Crippen molar-refractivity contribution in [2.75, 3.05) is 0 Å². The van der Waals surface area contributed by atoms with Crippen molar-refractivity contribution in [1.29, 1.82) is 0 Å². The number of hydrogen-bond acceptors (Lipinski definition) is 2. The van der Waals surface area contributed by atoms with Crippen molar-refractivity contribution < 1.29 is 9.59 Å². The lowest BCUT2D eigenvalue weighted by Gasteiger charge is -2.06. The standard InChI is InChI=1S/C20H22O2/c1-2-3-4-5-9-20(22)19-8-6-7-18(14-19)17-12-10-16(15-21)11-13-17/h6-8,10-15H,2-5,9H2,1H3. The molecule has 2 nitrogen and oxygen atoms in total. The molecule has 0 unspecified atom stereocenters. The third-order valence-electron chi connectivity index (χ3n) is 3.82. The third kappa shape index (κ3) is 4.39. The molecule has 2 aromatic carbocycles. The summed E-state index contributed by atoms with van der Waals surface area (Å²) in [5.41, 5.74) is 3.46. The normalized spacial score (nSPS) is 10.4. The molecule has 0 aliphatic carbocycles. The highest BCUT2D eigenvalue weighted by Gasteiger charge is 2.07. The van der Waals surface area contributed by atoms with Gasteiger partial charge in [-0.05, 0) is 23.6 Å². The molecule has 2 heteroatoms. The molecule has 0 amide bonds. The molecule has 0 heterocycles. The van der Waals surface area contributed by atoms with Crippen LogP contribution < -0.4 is 0 Å². The van der Waals surface area contributed by atoms with Gasteiger partial charge in [-0.25, -0.2) is 0 Å². The summed E-state index contributed by atoms with van der Waals surface area (Å²) in [6.45, 7) is 2.17. The Morgan fingerprint density at radius 2 is 1.73 bits per heavy atom. The Morgan fingerprint density at radius 3 is 2.41 bits per heavy atom. The van der Waals surface area contributed by atoms with Crippen LogP contribution in [0.3, 0.4) is 0 Å². The second-order valence-electron chi connectivity index (χ2n) is 5.55. The van der Waals surface area contributed by atoms with Crippen LogP contribution in [0.1, 0.15) is 59.7 Å². The van der Waals surface area contributed by atoms with E-state index < -0.39 is 0 Å². The van der Waals surface area contributed by atoms with Crippen LogP contribution in [0.15, 0.2) is 48.5 Å². The summed E-state index contributed by atoms with van der Waals surface area (Å²) in [6.07, 6.45) is 5.91. The quantitative estimate of drug-likeness (QED) is 0.375. The number of aldehydes is 1. The zero-order chi connectivity index (χ0) is 15.8. The number of ketones is 1. The number of unbranched alkanes of at least 4 members (excludes halogenated alkanes) is 3. The van der Waals surface area contributed by atoms with E-state index in [1.165, 1.54) is 12.8 Å². The highest BCUT2D eigenvalue weighted by molar-refractivity contribution is 5.97. The predicted octanol–water partition coefficient (Wildman–Crippen LogP) is 5.32. The molecule has 0 aromatic heterocycles. The Bertz CT molecular complexity index is 626. The minimum absolute atomic E-state index is 0.211. The van der Waals surface area contributed by atoms with E-state index in [0.717, 1.165) is 35.8 Å². The maximum atomic E-state index is 12.2. The van der Waals surface area contributed by atoms with Crippen LogP contribution in [-0.2, 0) is 0 Å². The largest absolute Gasteiger partial charge is 0.298 e. The Kier molecular flexibility index (Phi) is 6.08. The van der Waals surface area contributed by atoms with Gasteiger partial charge in [0.2, 0.25) is 0 Å². The monoisotopic (exact) mass is 294 g/mol. The first-order valence-corrected chi connectivity index (χ1v) is 7.93. The molecule has 2 aromatic rings. The highest BCUT2D eigenvalue weighted by atomic mass is 16.1. The second kappa shape index (κ2) is 8.28. The zero-order valence-electron chi connectivity index (χ0n) is 13.0. The summed E-state index contributed by atoms with van der Waals surface area (Å²) >= 11 is 0. The SMILES string of the molecule is CCCCCCC(=O)c1cccc(-c2ccc(C=O)cc2)c1. The first kappa shape index (κ1) is 16.2. The van der Waals surface area contributed by atoms with E-state index in [0.29, 0.717) is 12.0 Å². The van der Waals surface area contributed by atoms with Crippen molar-refractivity contribution >= 4 is 12.1 Å². The number of benzene rings is 2. The Hall–Kier alpha value is -2.22. The van der Waals surface area contributed by atoms with Crippen molar-refractivity contribution in [2.24, 2.45) is 0 Å². The molecule has 0 aliphatic heterocycles.